The van der Waals surface area contributed by atoms with Gasteiger partial charge in [-0.25, -0.2) is 15.1 Å². The van der Waals surface area contributed by atoms with E-state index in [9.17, 15) is 19.2 Å². The third-order valence-corrected chi connectivity index (χ3v) is 3.92. The van der Waals surface area contributed by atoms with Gasteiger partial charge in [0.15, 0.2) is 5.92 Å². The third kappa shape index (κ3) is 3.90. The number of benzene rings is 2. The number of nitrogens with one attached hydrogen (secondary N) is 2. The molecule has 136 valence electrons. The lowest BCUT2D eigenvalue weighted by molar-refractivity contribution is -0.131. The molecule has 5 amide bonds. The van der Waals surface area contributed by atoms with E-state index in [1.165, 1.54) is 0 Å². The number of urea groups is 1. The molecule has 1 aliphatic heterocycles. The number of hydrazone groups is 1. The molecule has 1 heterocycles. The molecule has 0 saturated carbocycles. The summed E-state index contributed by atoms with van der Waals surface area (Å²) in [5.74, 6) is -3.36. The SMILES string of the molecule is Cc1ccc(N2C(=O)NC(=O)[C@H](/C=N\NC(=O)c3ccccc3)C2=O)cc1. The molecule has 2 aromatic carbocycles. The first-order chi connectivity index (χ1) is 13.0. The molecule has 2 N–H and O–H groups in total. The molecule has 3 rings (SSSR count). The Hall–Kier alpha value is -3.81. The Balaban J connectivity index is 1.75. The second kappa shape index (κ2) is 7.61. The van der Waals surface area contributed by atoms with Crippen LogP contribution in [0.4, 0.5) is 10.5 Å². The Labute approximate surface area is 154 Å². The van der Waals surface area contributed by atoms with Crippen LogP contribution in [0.2, 0.25) is 0 Å². The monoisotopic (exact) mass is 364 g/mol. The second-order valence-electron chi connectivity index (χ2n) is 5.87. The first-order valence-corrected chi connectivity index (χ1v) is 8.11. The number of amides is 5. The highest BCUT2D eigenvalue weighted by Gasteiger charge is 2.40. The van der Waals surface area contributed by atoms with E-state index in [0.29, 0.717) is 11.3 Å². The minimum atomic E-state index is -1.33. The zero-order valence-corrected chi connectivity index (χ0v) is 14.4. The standard InChI is InChI=1S/C19H16N4O4/c1-12-7-9-14(10-8-12)23-18(26)15(17(25)21-19(23)27)11-20-22-16(24)13-5-3-2-4-6-13/h2-11,15H,1H3,(H,22,24)(H,21,25,27)/b20-11-/t15-/m0/s1. The maximum absolute atomic E-state index is 12.6. The number of carbonyl (C=O) groups excluding carboxylic acids is 4. The fraction of sp³-hybridized carbons (Fsp3) is 0.105. The molecule has 0 spiro atoms. The Morgan fingerprint density at radius 1 is 1.07 bits per heavy atom. The van der Waals surface area contributed by atoms with E-state index in [1.807, 2.05) is 6.92 Å². The number of rotatable bonds is 4. The van der Waals surface area contributed by atoms with Crippen LogP contribution in [0.1, 0.15) is 15.9 Å². The number of barbiturate groups is 1. The van der Waals surface area contributed by atoms with Gasteiger partial charge in [-0.2, -0.15) is 5.10 Å². The summed E-state index contributed by atoms with van der Waals surface area (Å²) in [6.07, 6.45) is 1.01. The van der Waals surface area contributed by atoms with Gasteiger partial charge in [0.1, 0.15) is 0 Å². The van der Waals surface area contributed by atoms with Gasteiger partial charge in [-0.15, -0.1) is 0 Å². The molecular weight excluding hydrogens is 348 g/mol. The molecule has 1 atom stereocenters. The number of anilines is 1. The van der Waals surface area contributed by atoms with Crippen LogP contribution in [-0.2, 0) is 9.59 Å². The van der Waals surface area contributed by atoms with Crippen LogP contribution in [0, 0.1) is 12.8 Å². The number of aryl methyl sites for hydroxylation is 1. The second-order valence-corrected chi connectivity index (χ2v) is 5.87. The molecule has 2 aromatic rings. The summed E-state index contributed by atoms with van der Waals surface area (Å²) < 4.78 is 0. The van der Waals surface area contributed by atoms with Gasteiger partial charge < -0.3 is 0 Å². The van der Waals surface area contributed by atoms with Gasteiger partial charge in [-0.3, -0.25) is 19.7 Å². The Morgan fingerprint density at radius 2 is 1.74 bits per heavy atom. The summed E-state index contributed by atoms with van der Waals surface area (Å²) in [6, 6.07) is 14.2. The average Bonchev–Trinajstić information content (AvgIpc) is 2.66. The van der Waals surface area contributed by atoms with Crippen LogP contribution >= 0.6 is 0 Å². The zero-order valence-electron chi connectivity index (χ0n) is 14.4. The van der Waals surface area contributed by atoms with Gasteiger partial charge in [-0.05, 0) is 31.2 Å². The van der Waals surface area contributed by atoms with Crippen LogP contribution in [0.5, 0.6) is 0 Å². The summed E-state index contributed by atoms with van der Waals surface area (Å²) in [6.45, 7) is 1.87. The number of hydrogen-bond donors (Lipinski definition) is 2. The van der Waals surface area contributed by atoms with Crippen LogP contribution in [0.15, 0.2) is 59.7 Å². The van der Waals surface area contributed by atoms with E-state index in [1.54, 1.807) is 54.6 Å². The smallest absolute Gasteiger partial charge is 0.276 e. The molecule has 27 heavy (non-hydrogen) atoms. The quantitative estimate of drug-likeness (QED) is 0.488. The lowest BCUT2D eigenvalue weighted by Gasteiger charge is -2.28. The van der Waals surface area contributed by atoms with E-state index < -0.39 is 29.7 Å². The fourth-order valence-corrected chi connectivity index (χ4v) is 2.48. The Bertz CT molecular complexity index is 922. The van der Waals surface area contributed by atoms with Crippen molar-refractivity contribution < 1.29 is 19.2 Å². The summed E-state index contributed by atoms with van der Waals surface area (Å²) in [5, 5.41) is 5.81. The summed E-state index contributed by atoms with van der Waals surface area (Å²) >= 11 is 0. The van der Waals surface area contributed by atoms with Gasteiger partial charge >= 0.3 is 6.03 Å². The van der Waals surface area contributed by atoms with Crippen LogP contribution in [0.3, 0.4) is 0 Å². The molecule has 1 fully saturated rings. The Kier molecular flexibility index (Phi) is 5.07. The zero-order chi connectivity index (χ0) is 19.4. The summed E-state index contributed by atoms with van der Waals surface area (Å²) in [5.41, 5.74) is 3.93. The molecule has 0 aliphatic carbocycles. The highest BCUT2D eigenvalue weighted by atomic mass is 16.2. The minimum Gasteiger partial charge on any atom is -0.276 e. The van der Waals surface area contributed by atoms with Crippen molar-refractivity contribution in [1.82, 2.24) is 10.7 Å². The van der Waals surface area contributed by atoms with Crippen molar-refractivity contribution in [2.75, 3.05) is 4.90 Å². The Morgan fingerprint density at radius 3 is 2.41 bits per heavy atom. The predicted molar refractivity (Wildman–Crippen MR) is 98.1 cm³/mol. The largest absolute Gasteiger partial charge is 0.335 e. The maximum Gasteiger partial charge on any atom is 0.335 e. The van der Waals surface area contributed by atoms with E-state index in [-0.39, 0.29) is 0 Å². The first-order valence-electron chi connectivity index (χ1n) is 8.11. The number of hydrogen-bond acceptors (Lipinski definition) is 5. The fourth-order valence-electron chi connectivity index (χ4n) is 2.48. The maximum atomic E-state index is 12.6. The predicted octanol–water partition coefficient (Wildman–Crippen LogP) is 1.61. The van der Waals surface area contributed by atoms with Crippen molar-refractivity contribution in [3.8, 4) is 0 Å². The van der Waals surface area contributed by atoms with Crippen molar-refractivity contribution in [1.29, 1.82) is 0 Å². The van der Waals surface area contributed by atoms with Crippen molar-refractivity contribution in [3.05, 3.63) is 65.7 Å². The van der Waals surface area contributed by atoms with Gasteiger partial charge in [-0.1, -0.05) is 35.9 Å². The minimum absolute atomic E-state index is 0.335. The molecule has 1 aliphatic rings. The van der Waals surface area contributed by atoms with Crippen LogP contribution < -0.4 is 15.6 Å². The molecule has 0 bridgehead atoms. The molecule has 1 saturated heterocycles. The molecular formula is C19H16N4O4. The topological polar surface area (TPSA) is 108 Å². The van der Waals surface area contributed by atoms with Crippen LogP contribution in [-0.4, -0.2) is 30.0 Å². The van der Waals surface area contributed by atoms with Crippen molar-refractivity contribution >= 4 is 35.7 Å². The van der Waals surface area contributed by atoms with Gasteiger partial charge in [0.25, 0.3) is 11.8 Å². The molecule has 0 unspecified atom stereocenters. The van der Waals surface area contributed by atoms with E-state index >= 15 is 0 Å². The summed E-state index contributed by atoms with van der Waals surface area (Å²) in [4.78, 5) is 49.5. The van der Waals surface area contributed by atoms with Gasteiger partial charge in [0.05, 0.1) is 5.69 Å². The molecule has 8 nitrogen and oxygen atoms in total. The molecule has 8 heteroatoms. The highest BCUT2D eigenvalue weighted by Crippen LogP contribution is 2.20. The molecule has 0 radical (unpaired) electrons. The third-order valence-electron chi connectivity index (χ3n) is 3.92. The number of nitrogens with zero attached hydrogens (tertiary/aromatic N) is 2. The average molecular weight is 364 g/mol. The number of imide groups is 2. The normalized spacial score (nSPS) is 17.1. The van der Waals surface area contributed by atoms with Crippen molar-refractivity contribution in [2.24, 2.45) is 11.0 Å². The lowest BCUT2D eigenvalue weighted by Crippen LogP contribution is -2.58. The first kappa shape index (κ1) is 18.0. The summed E-state index contributed by atoms with van der Waals surface area (Å²) in [7, 11) is 0. The van der Waals surface area contributed by atoms with Gasteiger partial charge in [0, 0.05) is 11.8 Å². The van der Waals surface area contributed by atoms with E-state index in [2.05, 4.69) is 15.8 Å². The number of carbonyl (C=O) groups is 4. The lowest BCUT2D eigenvalue weighted by atomic mass is 10.1. The molecule has 0 aromatic heterocycles. The van der Waals surface area contributed by atoms with Crippen molar-refractivity contribution in [2.45, 2.75) is 6.92 Å². The van der Waals surface area contributed by atoms with E-state index in [4.69, 9.17) is 0 Å². The van der Waals surface area contributed by atoms with E-state index in [0.717, 1.165) is 16.7 Å². The van der Waals surface area contributed by atoms with Crippen molar-refractivity contribution in [3.63, 3.8) is 0 Å². The highest BCUT2D eigenvalue weighted by molar-refractivity contribution is 6.32. The van der Waals surface area contributed by atoms with Gasteiger partial charge in [0.2, 0.25) is 5.91 Å². The van der Waals surface area contributed by atoms with Crippen LogP contribution in [0.25, 0.3) is 0 Å².